The summed E-state index contributed by atoms with van der Waals surface area (Å²) in [6.07, 6.45) is 0. The van der Waals surface area contributed by atoms with Crippen LogP contribution in [0.5, 0.6) is 0 Å². The Kier molecular flexibility index (Phi) is 9.84. The number of benzene rings is 11. The van der Waals surface area contributed by atoms with Crippen molar-refractivity contribution in [2.45, 2.75) is 0 Å². The zero-order chi connectivity index (χ0) is 45.7. The van der Waals surface area contributed by atoms with E-state index in [1.54, 1.807) is 0 Å². The third-order valence-corrected chi connectivity index (χ3v) is 13.7. The first-order valence-corrected chi connectivity index (χ1v) is 23.6. The van der Waals surface area contributed by atoms with Crippen LogP contribution in [0.1, 0.15) is 0 Å². The molecule has 0 N–H and O–H groups in total. The van der Waals surface area contributed by atoms with E-state index in [9.17, 15) is 0 Å². The fourth-order valence-corrected chi connectivity index (χ4v) is 10.1. The van der Waals surface area contributed by atoms with E-state index in [0.29, 0.717) is 0 Å². The van der Waals surface area contributed by atoms with Gasteiger partial charge in [0, 0.05) is 44.3 Å². The zero-order valence-electron chi connectivity index (χ0n) is 37.7. The maximum Gasteiger partial charge on any atom is 0.135 e. The van der Waals surface area contributed by atoms with Crippen molar-refractivity contribution in [2.75, 3.05) is 4.90 Å². The predicted octanol–water partition coefficient (Wildman–Crippen LogP) is 18.5. The van der Waals surface area contributed by atoms with Gasteiger partial charge >= 0.3 is 0 Å². The van der Waals surface area contributed by atoms with E-state index in [2.05, 4.69) is 276 Å². The second-order valence-electron chi connectivity index (χ2n) is 17.7. The maximum absolute atomic E-state index is 6.38. The summed E-state index contributed by atoms with van der Waals surface area (Å²) in [5, 5.41) is 4.75. The summed E-state index contributed by atoms with van der Waals surface area (Å²) < 4.78 is 8.74. The smallest absolute Gasteiger partial charge is 0.135 e. The predicted molar refractivity (Wildman–Crippen MR) is 290 cm³/mol. The normalized spacial score (nSPS) is 11.5. The highest BCUT2D eigenvalue weighted by atomic mass is 16.3. The molecule has 2 heterocycles. The van der Waals surface area contributed by atoms with Crippen molar-refractivity contribution >= 4 is 60.8 Å². The number of anilines is 3. The van der Waals surface area contributed by atoms with Gasteiger partial charge in [0.15, 0.2) is 0 Å². The minimum atomic E-state index is 0.887. The van der Waals surface area contributed by atoms with Crippen LogP contribution in [0, 0.1) is 0 Å². The Hall–Kier alpha value is -9.18. The molecule has 0 aliphatic heterocycles. The lowest BCUT2D eigenvalue weighted by Gasteiger charge is -2.26. The highest BCUT2D eigenvalue weighted by Gasteiger charge is 2.16. The Labute approximate surface area is 401 Å². The standard InChI is InChI=1S/C66H44N2O/c1-3-11-45(12-4-1)48-23-33-55(34-24-48)67(56-35-25-49(26-36-56)46-13-5-2-6-14-46)57-37-27-50(28-38-57)47-19-21-51(22-20-47)53-31-41-65-61(43-53)62-44-54(32-42-66(62)69-65)52-29-39-58(40-30-52)68-63-17-9-7-15-59(63)60-16-8-10-18-64(60)68/h1-44H. The van der Waals surface area contributed by atoms with Gasteiger partial charge in [0.25, 0.3) is 0 Å². The van der Waals surface area contributed by atoms with E-state index in [4.69, 9.17) is 4.42 Å². The average molecular weight is 881 g/mol. The van der Waals surface area contributed by atoms with Gasteiger partial charge in [-0.3, -0.25) is 0 Å². The van der Waals surface area contributed by atoms with E-state index < -0.39 is 0 Å². The van der Waals surface area contributed by atoms with Crippen LogP contribution in [-0.4, -0.2) is 4.57 Å². The van der Waals surface area contributed by atoms with Crippen molar-refractivity contribution in [3.8, 4) is 61.3 Å². The van der Waals surface area contributed by atoms with E-state index in [1.165, 1.54) is 55.2 Å². The lowest BCUT2D eigenvalue weighted by atomic mass is 9.98. The van der Waals surface area contributed by atoms with Crippen molar-refractivity contribution in [1.29, 1.82) is 0 Å². The van der Waals surface area contributed by atoms with Crippen molar-refractivity contribution < 1.29 is 4.42 Å². The van der Waals surface area contributed by atoms with Crippen LogP contribution in [0.25, 0.3) is 105 Å². The number of hydrogen-bond donors (Lipinski definition) is 0. The fourth-order valence-electron chi connectivity index (χ4n) is 10.1. The molecule has 324 valence electrons. The zero-order valence-corrected chi connectivity index (χ0v) is 37.7. The highest BCUT2D eigenvalue weighted by molar-refractivity contribution is 6.10. The molecule has 0 saturated carbocycles. The summed E-state index contributed by atoms with van der Waals surface area (Å²) in [6.45, 7) is 0. The number of aromatic nitrogens is 1. The molecule has 13 aromatic rings. The Morgan fingerprint density at radius 2 is 0.551 bits per heavy atom. The van der Waals surface area contributed by atoms with Gasteiger partial charge in [0.2, 0.25) is 0 Å². The third kappa shape index (κ3) is 7.34. The summed E-state index contributed by atoms with van der Waals surface area (Å²) in [4.78, 5) is 2.33. The molecule has 3 nitrogen and oxygen atoms in total. The summed E-state index contributed by atoms with van der Waals surface area (Å²) in [6, 6.07) is 95.9. The van der Waals surface area contributed by atoms with Crippen molar-refractivity contribution in [3.63, 3.8) is 0 Å². The molecule has 0 aliphatic carbocycles. The molecule has 0 spiro atoms. The van der Waals surface area contributed by atoms with Crippen molar-refractivity contribution in [3.05, 3.63) is 267 Å². The van der Waals surface area contributed by atoms with Gasteiger partial charge in [-0.15, -0.1) is 0 Å². The number of hydrogen-bond acceptors (Lipinski definition) is 2. The van der Waals surface area contributed by atoms with Gasteiger partial charge in [0.1, 0.15) is 11.2 Å². The molecule has 0 amide bonds. The van der Waals surface area contributed by atoms with Crippen LogP contribution < -0.4 is 4.90 Å². The first-order valence-electron chi connectivity index (χ1n) is 23.6. The Balaban J connectivity index is 0.775. The fraction of sp³-hybridized carbons (Fsp3) is 0. The summed E-state index contributed by atoms with van der Waals surface area (Å²) >= 11 is 0. The summed E-state index contributed by atoms with van der Waals surface area (Å²) in [5.41, 5.74) is 20.4. The number of fused-ring (bicyclic) bond motifs is 6. The molecular formula is C66H44N2O. The Morgan fingerprint density at radius 3 is 0.957 bits per heavy atom. The molecule has 11 aromatic carbocycles. The topological polar surface area (TPSA) is 21.3 Å². The van der Waals surface area contributed by atoms with Gasteiger partial charge < -0.3 is 13.9 Å². The van der Waals surface area contributed by atoms with Crippen LogP contribution in [0.3, 0.4) is 0 Å². The first-order chi connectivity index (χ1) is 34.2. The lowest BCUT2D eigenvalue weighted by Crippen LogP contribution is -2.09. The van der Waals surface area contributed by atoms with Crippen LogP contribution in [-0.2, 0) is 0 Å². The van der Waals surface area contributed by atoms with Crippen molar-refractivity contribution in [2.24, 2.45) is 0 Å². The lowest BCUT2D eigenvalue weighted by molar-refractivity contribution is 0.669. The quantitative estimate of drug-likeness (QED) is 0.144. The number of nitrogens with zero attached hydrogens (tertiary/aromatic N) is 2. The minimum absolute atomic E-state index is 0.887. The summed E-state index contributed by atoms with van der Waals surface area (Å²) in [5.74, 6) is 0. The van der Waals surface area contributed by atoms with Gasteiger partial charge in [-0.1, -0.05) is 182 Å². The summed E-state index contributed by atoms with van der Waals surface area (Å²) in [7, 11) is 0. The van der Waals surface area contributed by atoms with Gasteiger partial charge in [0.05, 0.1) is 11.0 Å². The van der Waals surface area contributed by atoms with Crippen molar-refractivity contribution in [1.82, 2.24) is 4.57 Å². The SMILES string of the molecule is c1ccc(-c2ccc(N(c3ccc(-c4ccccc4)cc3)c3ccc(-c4ccc(-c5ccc6oc7ccc(-c8ccc(-n9c%10ccccc%10c%10ccccc%109)cc8)cc7c6c5)cc4)cc3)cc2)cc1. The molecule has 69 heavy (non-hydrogen) atoms. The Morgan fingerprint density at radius 1 is 0.246 bits per heavy atom. The van der Waals surface area contributed by atoms with Crippen LogP contribution in [0.15, 0.2) is 271 Å². The number of rotatable bonds is 9. The highest BCUT2D eigenvalue weighted by Crippen LogP contribution is 2.40. The molecule has 0 unspecified atom stereocenters. The van der Waals surface area contributed by atoms with Crippen LogP contribution in [0.4, 0.5) is 17.1 Å². The average Bonchev–Trinajstić information content (AvgIpc) is 3.97. The van der Waals surface area contributed by atoms with Gasteiger partial charge in [-0.2, -0.15) is 0 Å². The minimum Gasteiger partial charge on any atom is -0.456 e. The van der Waals surface area contributed by atoms with Gasteiger partial charge in [-0.25, -0.2) is 0 Å². The molecular weight excluding hydrogens is 837 g/mol. The van der Waals surface area contributed by atoms with E-state index >= 15 is 0 Å². The largest absolute Gasteiger partial charge is 0.456 e. The first kappa shape index (κ1) is 40.1. The van der Waals surface area contributed by atoms with E-state index in [0.717, 1.165) is 66.9 Å². The molecule has 0 aliphatic rings. The molecule has 2 aromatic heterocycles. The molecule has 0 atom stereocenters. The third-order valence-electron chi connectivity index (χ3n) is 13.7. The Bertz CT molecular complexity index is 3810. The monoisotopic (exact) mass is 880 g/mol. The molecule has 0 saturated heterocycles. The van der Waals surface area contributed by atoms with E-state index in [-0.39, 0.29) is 0 Å². The van der Waals surface area contributed by atoms with Crippen LogP contribution in [0.2, 0.25) is 0 Å². The molecule has 0 radical (unpaired) electrons. The number of para-hydroxylation sites is 2. The molecule has 0 fully saturated rings. The molecule has 13 rings (SSSR count). The van der Waals surface area contributed by atoms with Crippen LogP contribution >= 0.6 is 0 Å². The maximum atomic E-state index is 6.38. The molecule has 0 bridgehead atoms. The second kappa shape index (κ2) is 16.9. The van der Waals surface area contributed by atoms with E-state index in [1.807, 2.05) is 0 Å². The van der Waals surface area contributed by atoms with Gasteiger partial charge in [-0.05, 0) is 141 Å². The number of furan rings is 1. The second-order valence-corrected chi connectivity index (χ2v) is 17.7. The molecule has 3 heteroatoms.